The van der Waals surface area contributed by atoms with Gasteiger partial charge in [0, 0.05) is 26.2 Å². The molecule has 0 saturated carbocycles. The molecule has 2 aromatic rings. The Morgan fingerprint density at radius 1 is 1.33 bits per heavy atom. The zero-order valence-corrected chi connectivity index (χ0v) is 20.7. The van der Waals surface area contributed by atoms with E-state index in [0.29, 0.717) is 6.42 Å². The van der Waals surface area contributed by atoms with Crippen LogP contribution >= 0.6 is 7.75 Å². The minimum atomic E-state index is -4.03. The standard InChI is InChI=1S/C22H29N4O9P/c1-14(27)33-16-8-10-25(12-16)36(31,35-15-6-4-3-5-7-15)32-13-17-19(28)22(2,30)20(34-17)26-11-9-18(23)24-21(26)29/h3-7,9,11,16-17,19-20,28,30H,8,10,12-13H2,1-2H3,(H2,23,24,29)/t16?,17-,19-,20-,22-,36?/m1/s1. The molecule has 3 heterocycles. The lowest BCUT2D eigenvalue weighted by atomic mass is 9.96. The van der Waals surface area contributed by atoms with Crippen LogP contribution in [0.15, 0.2) is 47.4 Å². The van der Waals surface area contributed by atoms with Gasteiger partial charge in [-0.15, -0.1) is 0 Å². The molecule has 14 heteroatoms. The molecule has 4 rings (SSSR count). The summed E-state index contributed by atoms with van der Waals surface area (Å²) in [4.78, 5) is 27.3. The first-order valence-corrected chi connectivity index (χ1v) is 12.8. The highest BCUT2D eigenvalue weighted by molar-refractivity contribution is 7.51. The van der Waals surface area contributed by atoms with Gasteiger partial charge in [0.2, 0.25) is 0 Å². The molecule has 0 spiro atoms. The number of nitrogen functional groups attached to an aromatic ring is 1. The Morgan fingerprint density at radius 3 is 2.72 bits per heavy atom. The topological polar surface area (TPSA) is 176 Å². The SMILES string of the molecule is CC(=O)OC1CCN(P(=O)(OC[C@H]2O[C@@H](n3ccc(N)nc3=O)[C@](C)(O)[C@@H]2O)Oc2ccccc2)C1. The largest absolute Gasteiger partial charge is 0.461 e. The highest BCUT2D eigenvalue weighted by Crippen LogP contribution is 2.54. The summed E-state index contributed by atoms with van der Waals surface area (Å²) in [6.07, 6.45) is -2.75. The Balaban J connectivity index is 1.53. The van der Waals surface area contributed by atoms with Gasteiger partial charge in [-0.05, 0) is 31.5 Å². The fourth-order valence-corrected chi connectivity index (χ4v) is 5.99. The van der Waals surface area contributed by atoms with Crippen LogP contribution < -0.4 is 15.9 Å². The van der Waals surface area contributed by atoms with Gasteiger partial charge >= 0.3 is 19.4 Å². The number of carbonyl (C=O) groups excluding carboxylic acids is 1. The number of nitrogens with two attached hydrogens (primary N) is 1. The van der Waals surface area contributed by atoms with E-state index in [9.17, 15) is 24.4 Å². The number of ether oxygens (including phenoxy) is 2. The van der Waals surface area contributed by atoms with Crippen LogP contribution in [-0.4, -0.2) is 74.0 Å². The van der Waals surface area contributed by atoms with E-state index in [0.717, 1.165) is 4.57 Å². The van der Waals surface area contributed by atoms with Crippen LogP contribution in [0.1, 0.15) is 26.5 Å². The summed E-state index contributed by atoms with van der Waals surface area (Å²) in [6.45, 7) is 2.54. The van der Waals surface area contributed by atoms with Crippen LogP contribution in [0.2, 0.25) is 0 Å². The van der Waals surface area contributed by atoms with Gasteiger partial charge in [-0.2, -0.15) is 9.65 Å². The third kappa shape index (κ3) is 5.46. The molecule has 2 unspecified atom stereocenters. The molecule has 4 N–H and O–H groups in total. The minimum absolute atomic E-state index is 0.00834. The Kier molecular flexibility index (Phi) is 7.51. The van der Waals surface area contributed by atoms with Crippen molar-refractivity contribution in [2.24, 2.45) is 0 Å². The molecule has 196 valence electrons. The van der Waals surface area contributed by atoms with Crippen molar-refractivity contribution in [3.63, 3.8) is 0 Å². The highest BCUT2D eigenvalue weighted by atomic mass is 31.2. The summed E-state index contributed by atoms with van der Waals surface area (Å²) >= 11 is 0. The number of esters is 1. The number of hydrogen-bond acceptors (Lipinski definition) is 11. The monoisotopic (exact) mass is 524 g/mol. The van der Waals surface area contributed by atoms with Crippen LogP contribution in [0.25, 0.3) is 0 Å². The van der Waals surface area contributed by atoms with Crippen molar-refractivity contribution in [1.29, 1.82) is 0 Å². The van der Waals surface area contributed by atoms with Crippen LogP contribution in [0.4, 0.5) is 5.82 Å². The van der Waals surface area contributed by atoms with E-state index < -0.39 is 56.2 Å². The van der Waals surface area contributed by atoms with Crippen molar-refractivity contribution in [3.8, 4) is 5.75 Å². The van der Waals surface area contributed by atoms with Crippen LogP contribution in [0.5, 0.6) is 5.75 Å². The summed E-state index contributed by atoms with van der Waals surface area (Å²) in [6, 6.07) is 9.75. The van der Waals surface area contributed by atoms with Gasteiger partial charge in [-0.3, -0.25) is 13.9 Å². The molecule has 36 heavy (non-hydrogen) atoms. The number of hydrogen-bond donors (Lipinski definition) is 3. The maximum atomic E-state index is 13.9. The third-order valence-corrected chi connectivity index (χ3v) is 8.00. The lowest BCUT2D eigenvalue weighted by Crippen LogP contribution is -2.46. The Labute approximate surface area is 206 Å². The summed E-state index contributed by atoms with van der Waals surface area (Å²) in [5, 5.41) is 21.7. The Bertz CT molecular complexity index is 1190. The van der Waals surface area contributed by atoms with Crippen molar-refractivity contribution in [3.05, 3.63) is 53.1 Å². The minimum Gasteiger partial charge on any atom is -0.461 e. The number of aromatic nitrogens is 2. The molecule has 0 amide bonds. The molecular weight excluding hydrogens is 495 g/mol. The van der Waals surface area contributed by atoms with Crippen LogP contribution in [0.3, 0.4) is 0 Å². The molecule has 2 saturated heterocycles. The predicted molar refractivity (Wildman–Crippen MR) is 126 cm³/mol. The zero-order chi connectivity index (χ0) is 26.1. The van der Waals surface area contributed by atoms with Gasteiger partial charge in [0.25, 0.3) is 0 Å². The first-order chi connectivity index (χ1) is 17.0. The maximum absolute atomic E-state index is 13.9. The number of para-hydroxylation sites is 1. The molecule has 6 atom stereocenters. The van der Waals surface area contributed by atoms with Gasteiger partial charge in [0.05, 0.1) is 6.61 Å². The highest BCUT2D eigenvalue weighted by Gasteiger charge is 2.54. The molecule has 2 fully saturated rings. The second kappa shape index (κ2) is 10.3. The Morgan fingerprint density at radius 2 is 2.06 bits per heavy atom. The fourth-order valence-electron chi connectivity index (χ4n) is 4.19. The smallest absolute Gasteiger partial charge is 0.461 e. The predicted octanol–water partition coefficient (Wildman–Crippen LogP) is 0.676. The number of benzene rings is 1. The summed E-state index contributed by atoms with van der Waals surface area (Å²) in [7, 11) is -4.03. The normalized spacial score (nSPS) is 30.1. The molecule has 1 aromatic carbocycles. The van der Waals surface area contributed by atoms with Crippen molar-refractivity contribution < 1.29 is 38.1 Å². The summed E-state index contributed by atoms with van der Waals surface area (Å²) < 4.78 is 38.9. The lowest BCUT2D eigenvalue weighted by Gasteiger charge is -2.28. The van der Waals surface area contributed by atoms with E-state index in [4.69, 9.17) is 24.3 Å². The average molecular weight is 524 g/mol. The van der Waals surface area contributed by atoms with Gasteiger partial charge in [-0.1, -0.05) is 18.2 Å². The fraction of sp³-hybridized carbons (Fsp3) is 0.500. The van der Waals surface area contributed by atoms with E-state index in [1.165, 1.54) is 30.8 Å². The van der Waals surface area contributed by atoms with Gasteiger partial charge in [0.15, 0.2) is 6.23 Å². The van der Waals surface area contributed by atoms with Crippen molar-refractivity contribution in [1.82, 2.24) is 14.2 Å². The number of rotatable bonds is 8. The number of aliphatic hydroxyl groups excluding tert-OH is 1. The second-order valence-corrected chi connectivity index (χ2v) is 10.8. The molecular formula is C22H29N4O9P. The quantitative estimate of drug-likeness (QED) is 0.326. The molecule has 0 radical (unpaired) electrons. The average Bonchev–Trinajstić information content (AvgIpc) is 3.36. The maximum Gasteiger partial charge on any atom is 0.461 e. The van der Waals surface area contributed by atoms with Crippen molar-refractivity contribution >= 4 is 19.5 Å². The molecule has 1 aromatic heterocycles. The van der Waals surface area contributed by atoms with E-state index >= 15 is 0 Å². The van der Waals surface area contributed by atoms with Crippen molar-refractivity contribution in [2.45, 2.75) is 50.4 Å². The Hall–Kier alpha value is -2.80. The third-order valence-electron chi connectivity index (χ3n) is 6.03. The van der Waals surface area contributed by atoms with Crippen molar-refractivity contribution in [2.75, 3.05) is 25.4 Å². The molecule has 2 aliphatic heterocycles. The molecule has 2 aliphatic rings. The zero-order valence-electron chi connectivity index (χ0n) is 19.8. The van der Waals surface area contributed by atoms with Gasteiger partial charge in [0.1, 0.15) is 35.5 Å². The molecule has 0 bridgehead atoms. The molecule has 0 aliphatic carbocycles. The molecule has 13 nitrogen and oxygen atoms in total. The van der Waals surface area contributed by atoms with E-state index in [1.807, 2.05) is 0 Å². The van der Waals surface area contributed by atoms with Crippen LogP contribution in [0, 0.1) is 0 Å². The van der Waals surface area contributed by atoms with E-state index in [2.05, 4.69) is 4.98 Å². The van der Waals surface area contributed by atoms with E-state index in [-0.39, 0.29) is 24.7 Å². The summed E-state index contributed by atoms with van der Waals surface area (Å²) in [5.74, 6) is -0.176. The van der Waals surface area contributed by atoms with Gasteiger partial charge < -0.3 is 29.9 Å². The number of aliphatic hydroxyl groups is 2. The number of nitrogens with zero attached hydrogens (tertiary/aromatic N) is 3. The van der Waals surface area contributed by atoms with E-state index in [1.54, 1.807) is 30.3 Å². The first kappa shape index (κ1) is 26.3. The first-order valence-electron chi connectivity index (χ1n) is 11.3. The lowest BCUT2D eigenvalue weighted by molar-refractivity contribution is -0.145. The second-order valence-electron chi connectivity index (χ2n) is 8.84. The number of carbonyl (C=O) groups is 1. The number of anilines is 1. The van der Waals surface area contributed by atoms with Crippen LogP contribution in [-0.2, 0) is 23.4 Å². The summed E-state index contributed by atoms with van der Waals surface area (Å²) in [5.41, 5.74) is 2.84. The van der Waals surface area contributed by atoms with Gasteiger partial charge in [-0.25, -0.2) is 9.36 Å².